The second kappa shape index (κ2) is 14.9. The Balaban J connectivity index is 1.55. The summed E-state index contributed by atoms with van der Waals surface area (Å²) in [6.07, 6.45) is 6.98. The van der Waals surface area contributed by atoms with E-state index in [1.165, 1.54) is 48.3 Å². The predicted octanol–water partition coefficient (Wildman–Crippen LogP) is 8.50. The molecule has 4 aromatic rings. The Hall–Kier alpha value is -4.53. The van der Waals surface area contributed by atoms with Crippen molar-refractivity contribution in [2.45, 2.75) is 52.0 Å². The van der Waals surface area contributed by atoms with Gasteiger partial charge in [0.1, 0.15) is 11.3 Å². The van der Waals surface area contributed by atoms with Crippen molar-refractivity contribution in [3.63, 3.8) is 0 Å². The van der Waals surface area contributed by atoms with Crippen molar-refractivity contribution in [1.29, 1.82) is 0 Å². The molecule has 2 N–H and O–H groups in total. The SMILES string of the molecule is CCCCCCCc1ccc(C(=O)N(Cc2ccc(C#Cc3ccc(Cl)cc3)cc2)c2ccc(O)c(C(=O)O)c2)cc1. The number of aryl methyl sites for hydroxylation is 1. The van der Waals surface area contributed by atoms with Gasteiger partial charge in [-0.3, -0.25) is 4.79 Å². The van der Waals surface area contributed by atoms with Crippen LogP contribution in [0.5, 0.6) is 5.75 Å². The zero-order chi connectivity index (χ0) is 29.9. The topological polar surface area (TPSA) is 77.8 Å². The van der Waals surface area contributed by atoms with Gasteiger partial charge in [0, 0.05) is 27.4 Å². The van der Waals surface area contributed by atoms with Gasteiger partial charge in [0.2, 0.25) is 0 Å². The standard InChI is InChI=1S/C36H34ClNO4/c1-2-3-4-5-6-7-26-14-18-30(19-15-26)35(40)38(32-22-23-34(39)33(24-32)36(41)42)25-29-12-10-27(11-13-29)8-9-28-16-20-31(37)21-17-28/h10-24,39H,2-7,25H2,1H3,(H,41,42). The number of carbonyl (C=O) groups is 2. The van der Waals surface area contributed by atoms with Gasteiger partial charge in [0.15, 0.2) is 0 Å². The number of carboxylic acids is 1. The number of aromatic hydroxyl groups is 1. The molecule has 42 heavy (non-hydrogen) atoms. The molecule has 6 heteroatoms. The molecule has 214 valence electrons. The van der Waals surface area contributed by atoms with Crippen LogP contribution in [-0.4, -0.2) is 22.1 Å². The number of rotatable bonds is 11. The average Bonchev–Trinajstić information content (AvgIpc) is 3.00. The maximum Gasteiger partial charge on any atom is 0.339 e. The van der Waals surface area contributed by atoms with Crippen LogP contribution in [0, 0.1) is 11.8 Å². The highest BCUT2D eigenvalue weighted by molar-refractivity contribution is 6.30. The van der Waals surface area contributed by atoms with Gasteiger partial charge in [-0.25, -0.2) is 4.79 Å². The molecule has 0 unspecified atom stereocenters. The molecule has 0 heterocycles. The van der Waals surface area contributed by atoms with Gasteiger partial charge < -0.3 is 15.1 Å². The highest BCUT2D eigenvalue weighted by Gasteiger charge is 2.21. The molecule has 0 aliphatic carbocycles. The first kappa shape index (κ1) is 30.4. The molecule has 0 bridgehead atoms. The van der Waals surface area contributed by atoms with E-state index in [0.29, 0.717) is 16.3 Å². The van der Waals surface area contributed by atoms with E-state index in [0.717, 1.165) is 29.5 Å². The molecule has 0 spiro atoms. The van der Waals surface area contributed by atoms with Crippen molar-refractivity contribution < 1.29 is 19.8 Å². The van der Waals surface area contributed by atoms with Crippen LogP contribution in [0.1, 0.15) is 82.0 Å². The summed E-state index contributed by atoms with van der Waals surface area (Å²) >= 11 is 5.95. The lowest BCUT2D eigenvalue weighted by atomic mass is 10.0. The summed E-state index contributed by atoms with van der Waals surface area (Å²) < 4.78 is 0. The van der Waals surface area contributed by atoms with Crippen LogP contribution in [0.3, 0.4) is 0 Å². The van der Waals surface area contributed by atoms with Crippen LogP contribution >= 0.6 is 11.6 Å². The van der Waals surface area contributed by atoms with Gasteiger partial charge in [-0.1, -0.05) is 80.3 Å². The Bertz CT molecular complexity index is 1570. The number of carboxylic acid groups (broad SMARTS) is 1. The summed E-state index contributed by atoms with van der Waals surface area (Å²) in [7, 11) is 0. The molecule has 4 aromatic carbocycles. The number of benzene rings is 4. The first-order valence-electron chi connectivity index (χ1n) is 14.2. The van der Waals surface area contributed by atoms with Crippen molar-refractivity contribution in [2.24, 2.45) is 0 Å². The van der Waals surface area contributed by atoms with Crippen LogP contribution in [-0.2, 0) is 13.0 Å². The van der Waals surface area contributed by atoms with E-state index in [9.17, 15) is 19.8 Å². The van der Waals surface area contributed by atoms with Gasteiger partial charge >= 0.3 is 5.97 Å². The van der Waals surface area contributed by atoms with Crippen molar-refractivity contribution >= 4 is 29.2 Å². The van der Waals surface area contributed by atoms with Crippen molar-refractivity contribution in [3.05, 3.63) is 129 Å². The maximum absolute atomic E-state index is 13.8. The number of nitrogens with zero attached hydrogens (tertiary/aromatic N) is 1. The number of amides is 1. The van der Waals surface area contributed by atoms with E-state index in [4.69, 9.17) is 11.6 Å². The van der Waals surface area contributed by atoms with Crippen LogP contribution in [0.25, 0.3) is 0 Å². The molecule has 0 atom stereocenters. The van der Waals surface area contributed by atoms with Crippen molar-refractivity contribution in [2.75, 3.05) is 4.90 Å². The second-order valence-corrected chi connectivity index (χ2v) is 10.6. The fraction of sp³-hybridized carbons (Fsp3) is 0.222. The first-order valence-corrected chi connectivity index (χ1v) is 14.6. The Morgan fingerprint density at radius 2 is 1.36 bits per heavy atom. The number of carbonyl (C=O) groups excluding carboxylic acids is 1. The summed E-state index contributed by atoms with van der Waals surface area (Å²) in [6, 6.07) is 26.7. The Morgan fingerprint density at radius 1 is 0.762 bits per heavy atom. The van der Waals surface area contributed by atoms with Gasteiger partial charge in [-0.2, -0.15) is 0 Å². The minimum atomic E-state index is -1.27. The predicted molar refractivity (Wildman–Crippen MR) is 168 cm³/mol. The Morgan fingerprint density at radius 3 is 1.98 bits per heavy atom. The highest BCUT2D eigenvalue weighted by atomic mass is 35.5. The number of phenols is 1. The normalized spacial score (nSPS) is 10.5. The molecule has 0 aliphatic heterocycles. The van der Waals surface area contributed by atoms with Gasteiger partial charge in [-0.05, 0) is 90.7 Å². The third-order valence-corrected chi connectivity index (χ3v) is 7.28. The average molecular weight is 580 g/mol. The summed E-state index contributed by atoms with van der Waals surface area (Å²) in [4.78, 5) is 27.0. The monoisotopic (exact) mass is 579 g/mol. The molecule has 1 amide bonds. The van der Waals surface area contributed by atoms with E-state index in [1.54, 1.807) is 18.2 Å². The summed E-state index contributed by atoms with van der Waals surface area (Å²) in [5.41, 5.74) is 4.30. The molecule has 0 radical (unpaired) electrons. The van der Waals surface area contributed by atoms with E-state index < -0.39 is 5.97 Å². The molecule has 0 aromatic heterocycles. The maximum atomic E-state index is 13.8. The highest BCUT2D eigenvalue weighted by Crippen LogP contribution is 2.27. The third kappa shape index (κ3) is 8.49. The van der Waals surface area contributed by atoms with Crippen LogP contribution in [0.2, 0.25) is 5.02 Å². The Kier molecular flexibility index (Phi) is 10.8. The molecule has 4 rings (SSSR count). The molecule has 5 nitrogen and oxygen atoms in total. The summed E-state index contributed by atoms with van der Waals surface area (Å²) in [5, 5.41) is 20.3. The molecule has 0 fully saturated rings. The van der Waals surface area contributed by atoms with Crippen LogP contribution < -0.4 is 4.90 Å². The van der Waals surface area contributed by atoms with E-state index in [1.807, 2.05) is 60.7 Å². The zero-order valence-corrected chi connectivity index (χ0v) is 24.4. The molecule has 0 aliphatic rings. The molecular formula is C36H34ClNO4. The summed E-state index contributed by atoms with van der Waals surface area (Å²) in [5.74, 6) is 4.35. The van der Waals surface area contributed by atoms with Gasteiger partial charge in [0.25, 0.3) is 5.91 Å². The second-order valence-electron chi connectivity index (χ2n) is 10.2. The number of anilines is 1. The van der Waals surface area contributed by atoms with Gasteiger partial charge in [0.05, 0.1) is 6.54 Å². The summed E-state index contributed by atoms with van der Waals surface area (Å²) in [6.45, 7) is 2.40. The van der Waals surface area contributed by atoms with Crippen LogP contribution in [0.15, 0.2) is 91.0 Å². The molecule has 0 saturated heterocycles. The smallest absolute Gasteiger partial charge is 0.339 e. The lowest BCUT2D eigenvalue weighted by molar-refractivity contribution is 0.0693. The minimum absolute atomic E-state index is 0.201. The minimum Gasteiger partial charge on any atom is -0.507 e. The number of halogens is 1. The Labute approximate surface area is 252 Å². The number of hydrogen-bond acceptors (Lipinski definition) is 3. The fourth-order valence-electron chi connectivity index (χ4n) is 4.60. The number of hydrogen-bond donors (Lipinski definition) is 2. The van der Waals surface area contributed by atoms with E-state index >= 15 is 0 Å². The molecule has 0 saturated carbocycles. The lowest BCUT2D eigenvalue weighted by Gasteiger charge is -2.24. The van der Waals surface area contributed by atoms with Gasteiger partial charge in [-0.15, -0.1) is 0 Å². The van der Waals surface area contributed by atoms with Crippen molar-refractivity contribution in [3.8, 4) is 17.6 Å². The lowest BCUT2D eigenvalue weighted by Crippen LogP contribution is -2.30. The number of unbranched alkanes of at least 4 members (excludes halogenated alkanes) is 4. The third-order valence-electron chi connectivity index (χ3n) is 7.03. The van der Waals surface area contributed by atoms with E-state index in [2.05, 4.69) is 18.8 Å². The van der Waals surface area contributed by atoms with Crippen molar-refractivity contribution in [1.82, 2.24) is 0 Å². The van der Waals surface area contributed by atoms with Crippen LogP contribution in [0.4, 0.5) is 5.69 Å². The first-order chi connectivity index (χ1) is 20.3. The largest absolute Gasteiger partial charge is 0.507 e. The zero-order valence-electron chi connectivity index (χ0n) is 23.6. The number of aromatic carboxylic acids is 1. The fourth-order valence-corrected chi connectivity index (χ4v) is 4.73. The van der Waals surface area contributed by atoms with E-state index in [-0.39, 0.29) is 23.8 Å². The quantitative estimate of drug-likeness (QED) is 0.138. The molecular weight excluding hydrogens is 546 g/mol.